The molecule has 0 amide bonds. The minimum atomic E-state index is 0.464. The monoisotopic (exact) mass is 302 g/mol. The fourth-order valence-electron chi connectivity index (χ4n) is 3.31. The van der Waals surface area contributed by atoms with Crippen LogP contribution in [0.3, 0.4) is 0 Å². The molecule has 0 fully saturated rings. The minimum Gasteiger partial charge on any atom is -0.340 e. The number of hydrogen-bond donors (Lipinski definition) is 2. The van der Waals surface area contributed by atoms with Gasteiger partial charge in [-0.25, -0.2) is 4.98 Å². The zero-order valence-corrected chi connectivity index (χ0v) is 14.5. The molecule has 0 saturated carbocycles. The van der Waals surface area contributed by atoms with Crippen molar-refractivity contribution in [1.82, 2.24) is 0 Å². The van der Waals surface area contributed by atoms with E-state index in [4.69, 9.17) is 0 Å². The van der Waals surface area contributed by atoms with Crippen LogP contribution in [0, 0.1) is 11.3 Å². The molecule has 0 bridgehead atoms. The molecule has 22 heavy (non-hydrogen) atoms. The molecule has 4 heteroatoms. The summed E-state index contributed by atoms with van der Waals surface area (Å²) in [6.07, 6.45) is 5.70. The van der Waals surface area contributed by atoms with Gasteiger partial charge in [0.05, 0.1) is 27.2 Å². The number of nitrogens with one attached hydrogen (secondary N) is 3. The van der Waals surface area contributed by atoms with Crippen LogP contribution in [0.5, 0.6) is 0 Å². The molecule has 4 nitrogen and oxygen atoms in total. The van der Waals surface area contributed by atoms with Gasteiger partial charge in [0.25, 0.3) is 5.82 Å². The van der Waals surface area contributed by atoms with E-state index in [1.54, 1.807) is 0 Å². The molecule has 0 aromatic carbocycles. The second-order valence-corrected chi connectivity index (χ2v) is 6.96. The van der Waals surface area contributed by atoms with E-state index in [-0.39, 0.29) is 0 Å². The van der Waals surface area contributed by atoms with Crippen molar-refractivity contribution in [2.75, 3.05) is 32.5 Å². The Balaban J connectivity index is 2.28. The van der Waals surface area contributed by atoms with Gasteiger partial charge in [0.2, 0.25) is 0 Å². The number of quaternary nitrogens is 1. The molecule has 0 atom stereocenters. The lowest BCUT2D eigenvalue weighted by atomic mass is 9.85. The highest BCUT2D eigenvalue weighted by Gasteiger charge is 2.26. The number of aromatic amines is 1. The van der Waals surface area contributed by atoms with Gasteiger partial charge in [0, 0.05) is 12.3 Å². The maximum Gasteiger partial charge on any atom is 0.290 e. The van der Waals surface area contributed by atoms with Crippen molar-refractivity contribution in [2.45, 2.75) is 51.9 Å². The quantitative estimate of drug-likeness (QED) is 0.779. The van der Waals surface area contributed by atoms with Crippen LogP contribution in [0.4, 0.5) is 5.82 Å². The van der Waals surface area contributed by atoms with Gasteiger partial charge in [-0.15, -0.1) is 0 Å². The number of anilines is 1. The molecule has 0 aliphatic heterocycles. The second kappa shape index (κ2) is 7.60. The third-order valence-electron chi connectivity index (χ3n) is 4.45. The maximum absolute atomic E-state index is 9.63. The Morgan fingerprint density at radius 3 is 2.50 bits per heavy atom. The summed E-state index contributed by atoms with van der Waals surface area (Å²) in [6.45, 7) is 6.50. The highest BCUT2D eigenvalue weighted by atomic mass is 15.1. The number of hydrogen-bond acceptors (Lipinski definition) is 2. The first-order valence-electron chi connectivity index (χ1n) is 8.58. The molecule has 0 saturated heterocycles. The normalized spacial score (nSPS) is 14.0. The molecule has 1 aliphatic carbocycles. The summed E-state index contributed by atoms with van der Waals surface area (Å²) in [4.78, 5) is 5.00. The predicted octanol–water partition coefficient (Wildman–Crippen LogP) is 1.32. The molecule has 1 aromatic heterocycles. The largest absolute Gasteiger partial charge is 0.340 e. The van der Waals surface area contributed by atoms with Crippen LogP contribution in [0.25, 0.3) is 0 Å². The van der Waals surface area contributed by atoms with E-state index < -0.39 is 0 Å². The summed E-state index contributed by atoms with van der Waals surface area (Å²) in [5.74, 6) is 1.40. The summed E-state index contributed by atoms with van der Waals surface area (Å²) in [6, 6.07) is 2.44. The Bertz CT molecular complexity index is 555. The summed E-state index contributed by atoms with van der Waals surface area (Å²) in [5, 5.41) is 13.1. The molecule has 0 unspecified atom stereocenters. The van der Waals surface area contributed by atoms with Crippen LogP contribution in [-0.4, -0.2) is 27.2 Å². The molecule has 1 aromatic rings. The molecule has 0 radical (unpaired) electrons. The summed E-state index contributed by atoms with van der Waals surface area (Å²) in [5.41, 5.74) is 4.85. The molecular weight excluding hydrogens is 272 g/mol. The number of H-pyrrole nitrogens is 1. The molecule has 2 rings (SSSR count). The lowest BCUT2D eigenvalue weighted by Gasteiger charge is -2.21. The number of fused-ring (bicyclic) bond motifs is 1. The molecule has 3 N–H and O–H groups in total. The number of pyridine rings is 1. The first kappa shape index (κ1) is 16.8. The van der Waals surface area contributed by atoms with Gasteiger partial charge in [0.1, 0.15) is 17.3 Å². The van der Waals surface area contributed by atoms with Crippen molar-refractivity contribution in [3.8, 4) is 6.07 Å². The van der Waals surface area contributed by atoms with Crippen molar-refractivity contribution in [1.29, 1.82) is 5.26 Å². The first-order valence-corrected chi connectivity index (χ1v) is 8.58. The zero-order valence-electron chi connectivity index (χ0n) is 14.5. The van der Waals surface area contributed by atoms with Crippen LogP contribution in [-0.2, 0) is 12.8 Å². The van der Waals surface area contributed by atoms with E-state index in [0.29, 0.717) is 5.92 Å². The van der Waals surface area contributed by atoms with Gasteiger partial charge in [-0.05, 0) is 36.8 Å². The fraction of sp³-hybridized carbons (Fsp3) is 0.667. The molecule has 0 spiro atoms. The van der Waals surface area contributed by atoms with Crippen LogP contribution in [0.1, 0.15) is 61.4 Å². The van der Waals surface area contributed by atoms with Crippen molar-refractivity contribution in [2.24, 2.45) is 0 Å². The van der Waals surface area contributed by atoms with E-state index in [9.17, 15) is 5.26 Å². The third-order valence-corrected chi connectivity index (χ3v) is 4.45. The SMILES string of the molecule is CC(C)c1[nH+]c(NCCC[NH+](C)C)c(C#N)c2c1CCCC2. The lowest BCUT2D eigenvalue weighted by molar-refractivity contribution is -0.858. The summed E-state index contributed by atoms with van der Waals surface area (Å²) < 4.78 is 0. The topological polar surface area (TPSA) is 54.4 Å². The fourth-order valence-corrected chi connectivity index (χ4v) is 3.31. The zero-order chi connectivity index (χ0) is 16.1. The van der Waals surface area contributed by atoms with Gasteiger partial charge < -0.3 is 4.90 Å². The van der Waals surface area contributed by atoms with Crippen molar-refractivity contribution in [3.05, 3.63) is 22.4 Å². The van der Waals surface area contributed by atoms with E-state index in [1.807, 2.05) is 0 Å². The van der Waals surface area contributed by atoms with E-state index >= 15 is 0 Å². The molecule has 120 valence electrons. The summed E-state index contributed by atoms with van der Waals surface area (Å²) >= 11 is 0. The number of nitriles is 1. The molecule has 1 aliphatic rings. The molecular formula is C18H30N4+2. The Hall–Kier alpha value is -1.60. The Morgan fingerprint density at radius 1 is 1.23 bits per heavy atom. The molecule has 1 heterocycles. The highest BCUT2D eigenvalue weighted by Crippen LogP contribution is 2.31. The standard InChI is InChI=1S/C18H28N4/c1-13(2)17-15-9-6-5-8-14(15)16(12-19)18(21-17)20-10-7-11-22(3)4/h13H,5-11H2,1-4H3,(H,20,21)/p+2. The van der Waals surface area contributed by atoms with Gasteiger partial charge in [0.15, 0.2) is 0 Å². The Morgan fingerprint density at radius 2 is 1.91 bits per heavy atom. The minimum absolute atomic E-state index is 0.464. The van der Waals surface area contributed by atoms with Gasteiger partial charge >= 0.3 is 0 Å². The van der Waals surface area contributed by atoms with Gasteiger partial charge in [-0.2, -0.15) is 5.26 Å². The van der Waals surface area contributed by atoms with Crippen LogP contribution < -0.4 is 15.2 Å². The van der Waals surface area contributed by atoms with Crippen molar-refractivity contribution < 1.29 is 9.88 Å². The second-order valence-electron chi connectivity index (χ2n) is 6.96. The summed E-state index contributed by atoms with van der Waals surface area (Å²) in [7, 11) is 4.34. The third kappa shape index (κ3) is 3.78. The predicted molar refractivity (Wildman–Crippen MR) is 89.2 cm³/mol. The van der Waals surface area contributed by atoms with Gasteiger partial charge in [-0.1, -0.05) is 13.8 Å². The van der Waals surface area contributed by atoms with Crippen molar-refractivity contribution >= 4 is 5.82 Å². The van der Waals surface area contributed by atoms with E-state index in [0.717, 1.165) is 43.7 Å². The highest BCUT2D eigenvalue weighted by molar-refractivity contribution is 5.56. The maximum atomic E-state index is 9.63. The van der Waals surface area contributed by atoms with Gasteiger partial charge in [-0.3, -0.25) is 5.32 Å². The van der Waals surface area contributed by atoms with Crippen molar-refractivity contribution in [3.63, 3.8) is 0 Å². The lowest BCUT2D eigenvalue weighted by Crippen LogP contribution is -3.05. The van der Waals surface area contributed by atoms with Crippen LogP contribution in [0.15, 0.2) is 0 Å². The van der Waals surface area contributed by atoms with Crippen LogP contribution in [0.2, 0.25) is 0 Å². The smallest absolute Gasteiger partial charge is 0.290 e. The van der Waals surface area contributed by atoms with E-state index in [1.165, 1.54) is 34.6 Å². The average Bonchev–Trinajstić information content (AvgIpc) is 2.50. The average molecular weight is 302 g/mol. The number of aromatic nitrogens is 1. The Labute approximate surface area is 134 Å². The first-order chi connectivity index (χ1) is 10.5. The number of rotatable bonds is 6. The van der Waals surface area contributed by atoms with E-state index in [2.05, 4.69) is 44.3 Å². The number of nitrogens with zero attached hydrogens (tertiary/aromatic N) is 1. The van der Waals surface area contributed by atoms with Crippen LogP contribution >= 0.6 is 0 Å². The Kier molecular flexibility index (Phi) is 5.79.